The predicted octanol–water partition coefficient (Wildman–Crippen LogP) is 6.20. The number of hydrogen-bond acceptors (Lipinski definition) is 0. The summed E-state index contributed by atoms with van der Waals surface area (Å²) in [6.07, 6.45) is 0.981. The number of hydrogen-bond donors (Lipinski definition) is 0. The molecule has 0 N–H and O–H groups in total. The zero-order chi connectivity index (χ0) is 13.1. The van der Waals surface area contributed by atoms with Gasteiger partial charge in [-0.1, -0.05) is 78.1 Å². The summed E-state index contributed by atoms with van der Waals surface area (Å²) < 4.78 is 2.32. The van der Waals surface area contributed by atoms with E-state index in [1.165, 1.54) is 21.2 Å². The summed E-state index contributed by atoms with van der Waals surface area (Å²) in [4.78, 5) is 0.327. The molecule has 1 unspecified atom stereocenters. The lowest BCUT2D eigenvalue weighted by molar-refractivity contribution is 0.940. The fraction of sp³-hybridized carbons (Fsp3) is 0.200. The van der Waals surface area contributed by atoms with Crippen molar-refractivity contribution in [2.75, 3.05) is 0 Å². The highest BCUT2D eigenvalue weighted by Crippen LogP contribution is 2.34. The molecule has 0 saturated heterocycles. The number of halogens is 3. The van der Waals surface area contributed by atoms with Crippen molar-refractivity contribution in [3.05, 3.63) is 68.1 Å². The van der Waals surface area contributed by atoms with Crippen LogP contribution in [0.4, 0.5) is 0 Å². The molecule has 0 amide bonds. The van der Waals surface area contributed by atoms with E-state index in [4.69, 9.17) is 0 Å². The lowest BCUT2D eigenvalue weighted by atomic mass is 10.0. The second-order valence-electron chi connectivity index (χ2n) is 4.28. The molecule has 0 saturated carbocycles. The van der Waals surface area contributed by atoms with E-state index >= 15 is 0 Å². The number of rotatable bonds is 3. The van der Waals surface area contributed by atoms with Gasteiger partial charge in [0.05, 0.1) is 0 Å². The fourth-order valence-electron chi connectivity index (χ4n) is 1.85. The third-order valence-electron chi connectivity index (χ3n) is 2.89. The second kappa shape index (κ2) is 6.36. The Labute approximate surface area is 133 Å². The van der Waals surface area contributed by atoms with Crippen molar-refractivity contribution in [3.63, 3.8) is 0 Å². The zero-order valence-electron chi connectivity index (χ0n) is 9.96. The van der Waals surface area contributed by atoms with E-state index < -0.39 is 0 Å². The van der Waals surface area contributed by atoms with E-state index in [9.17, 15) is 0 Å². The van der Waals surface area contributed by atoms with Gasteiger partial charge in [-0.15, -0.1) is 0 Å². The quantitative estimate of drug-likeness (QED) is 0.506. The molecular weight excluding hydrogens is 420 g/mol. The summed E-state index contributed by atoms with van der Waals surface area (Å²) in [6, 6.07) is 14.9. The molecule has 1 atom stereocenters. The normalized spacial score (nSPS) is 12.4. The van der Waals surface area contributed by atoms with Crippen LogP contribution in [0.2, 0.25) is 0 Å². The van der Waals surface area contributed by atoms with Gasteiger partial charge in [-0.2, -0.15) is 0 Å². The topological polar surface area (TPSA) is 0 Å². The van der Waals surface area contributed by atoms with Crippen molar-refractivity contribution < 1.29 is 0 Å². The van der Waals surface area contributed by atoms with Crippen LogP contribution in [0.3, 0.4) is 0 Å². The molecule has 0 aromatic heterocycles. The van der Waals surface area contributed by atoms with Gasteiger partial charge in [0.2, 0.25) is 0 Å². The van der Waals surface area contributed by atoms with Gasteiger partial charge in [0, 0.05) is 13.8 Å². The Hall–Kier alpha value is -0.120. The maximum absolute atomic E-state index is 3.78. The molecule has 0 aliphatic heterocycles. The first-order valence-corrected chi connectivity index (χ1v) is 8.21. The molecule has 0 radical (unpaired) electrons. The third kappa shape index (κ3) is 3.46. The van der Waals surface area contributed by atoms with Crippen LogP contribution in [0, 0.1) is 6.92 Å². The fourth-order valence-corrected chi connectivity index (χ4v) is 3.72. The maximum Gasteiger partial charge on any atom is 0.0446 e. The van der Waals surface area contributed by atoms with Gasteiger partial charge in [0.15, 0.2) is 0 Å². The molecule has 18 heavy (non-hydrogen) atoms. The van der Waals surface area contributed by atoms with Gasteiger partial charge < -0.3 is 0 Å². The molecular formula is C15H13Br3. The van der Waals surface area contributed by atoms with Gasteiger partial charge in [-0.3, -0.25) is 0 Å². The zero-order valence-corrected chi connectivity index (χ0v) is 14.7. The average Bonchev–Trinajstić information content (AvgIpc) is 2.35. The van der Waals surface area contributed by atoms with Gasteiger partial charge in [-0.25, -0.2) is 0 Å². The number of alkyl halides is 1. The summed E-state index contributed by atoms with van der Waals surface area (Å²) in [5, 5.41) is 0. The van der Waals surface area contributed by atoms with E-state index in [0.29, 0.717) is 4.83 Å². The Kier molecular flexibility index (Phi) is 5.05. The first kappa shape index (κ1) is 14.3. The van der Waals surface area contributed by atoms with Crippen LogP contribution in [-0.2, 0) is 6.42 Å². The van der Waals surface area contributed by atoms with Crippen LogP contribution >= 0.6 is 47.8 Å². The molecule has 0 heterocycles. The summed E-state index contributed by atoms with van der Waals surface area (Å²) in [6.45, 7) is 2.12. The van der Waals surface area contributed by atoms with Gasteiger partial charge >= 0.3 is 0 Å². The standard InChI is InChI=1S/C15H13Br3/c1-10-3-2-4-13(15(10)18)14(17)9-11-5-7-12(16)8-6-11/h2-8,14H,9H2,1H3. The van der Waals surface area contributed by atoms with Gasteiger partial charge in [0.1, 0.15) is 0 Å². The van der Waals surface area contributed by atoms with E-state index in [1.54, 1.807) is 0 Å². The van der Waals surface area contributed by atoms with Crippen LogP contribution in [0.5, 0.6) is 0 Å². The lowest BCUT2D eigenvalue weighted by Crippen LogP contribution is -1.97. The van der Waals surface area contributed by atoms with Crippen molar-refractivity contribution in [2.24, 2.45) is 0 Å². The van der Waals surface area contributed by atoms with Crippen molar-refractivity contribution in [1.29, 1.82) is 0 Å². The molecule has 94 valence electrons. The van der Waals surface area contributed by atoms with Crippen LogP contribution in [-0.4, -0.2) is 0 Å². The molecule has 2 aromatic rings. The summed E-state index contributed by atoms with van der Waals surface area (Å²) in [5.74, 6) is 0. The Bertz CT molecular complexity index is 532. The summed E-state index contributed by atoms with van der Waals surface area (Å²) in [5.41, 5.74) is 3.90. The lowest BCUT2D eigenvalue weighted by Gasteiger charge is -2.14. The van der Waals surface area contributed by atoms with E-state index in [-0.39, 0.29) is 0 Å². The third-order valence-corrected chi connectivity index (χ3v) is 5.32. The largest absolute Gasteiger partial charge is 0.0835 e. The van der Waals surface area contributed by atoms with E-state index in [0.717, 1.165) is 10.9 Å². The van der Waals surface area contributed by atoms with Crippen LogP contribution in [0.1, 0.15) is 21.5 Å². The molecule has 0 bridgehead atoms. The minimum atomic E-state index is 0.327. The van der Waals surface area contributed by atoms with Crippen molar-refractivity contribution in [1.82, 2.24) is 0 Å². The highest BCUT2D eigenvalue weighted by Gasteiger charge is 2.12. The molecule has 3 heteroatoms. The van der Waals surface area contributed by atoms with Crippen molar-refractivity contribution in [3.8, 4) is 0 Å². The van der Waals surface area contributed by atoms with Crippen molar-refractivity contribution >= 4 is 47.8 Å². The van der Waals surface area contributed by atoms with E-state index in [1.807, 2.05) is 0 Å². The minimum Gasteiger partial charge on any atom is -0.0835 e. The summed E-state index contributed by atoms with van der Waals surface area (Å²) >= 11 is 10.9. The van der Waals surface area contributed by atoms with Gasteiger partial charge in [-0.05, 0) is 42.2 Å². The van der Waals surface area contributed by atoms with Crippen LogP contribution in [0.25, 0.3) is 0 Å². The Balaban J connectivity index is 2.19. The molecule has 2 rings (SSSR count). The molecule has 0 fully saturated rings. The van der Waals surface area contributed by atoms with Crippen molar-refractivity contribution in [2.45, 2.75) is 18.2 Å². The Morgan fingerprint density at radius 3 is 2.33 bits per heavy atom. The van der Waals surface area contributed by atoms with E-state index in [2.05, 4.69) is 97.2 Å². The SMILES string of the molecule is Cc1cccc(C(Br)Cc2ccc(Br)cc2)c1Br. The Morgan fingerprint density at radius 2 is 1.67 bits per heavy atom. The Morgan fingerprint density at radius 1 is 1.00 bits per heavy atom. The number of benzene rings is 2. The van der Waals surface area contributed by atoms with Gasteiger partial charge in [0.25, 0.3) is 0 Å². The predicted molar refractivity (Wildman–Crippen MR) is 88.4 cm³/mol. The molecule has 0 nitrogen and oxygen atoms in total. The minimum absolute atomic E-state index is 0.327. The monoisotopic (exact) mass is 430 g/mol. The van der Waals surface area contributed by atoms with Crippen LogP contribution < -0.4 is 0 Å². The first-order valence-electron chi connectivity index (χ1n) is 5.71. The van der Waals surface area contributed by atoms with Crippen LogP contribution in [0.15, 0.2) is 51.4 Å². The highest BCUT2D eigenvalue weighted by molar-refractivity contribution is 9.11. The smallest absolute Gasteiger partial charge is 0.0446 e. The highest BCUT2D eigenvalue weighted by atomic mass is 79.9. The molecule has 2 aromatic carbocycles. The number of aryl methyl sites for hydroxylation is 1. The second-order valence-corrected chi connectivity index (χ2v) is 7.09. The molecule has 0 aliphatic carbocycles. The molecule has 0 spiro atoms. The average molecular weight is 433 g/mol. The maximum atomic E-state index is 3.78. The first-order chi connectivity index (χ1) is 8.58. The molecule has 0 aliphatic rings. The summed E-state index contributed by atoms with van der Waals surface area (Å²) in [7, 11) is 0.